The van der Waals surface area contributed by atoms with Crippen LogP contribution in [0.4, 0.5) is 5.13 Å². The highest BCUT2D eigenvalue weighted by Crippen LogP contribution is 2.19. The number of ether oxygens (including phenoxy) is 1. The van der Waals surface area contributed by atoms with Gasteiger partial charge in [0, 0.05) is 6.42 Å². The lowest BCUT2D eigenvalue weighted by molar-refractivity contribution is -0.116. The zero-order valence-corrected chi connectivity index (χ0v) is 13.1. The van der Waals surface area contributed by atoms with E-state index < -0.39 is 0 Å². The topological polar surface area (TPSA) is 64.1 Å². The summed E-state index contributed by atoms with van der Waals surface area (Å²) in [6.45, 7) is 4.70. The summed E-state index contributed by atoms with van der Waals surface area (Å²) in [4.78, 5) is 11.6. The normalized spacial score (nSPS) is 10.4. The number of hydrogen-bond acceptors (Lipinski definition) is 5. The Hall–Kier alpha value is -1.95. The smallest absolute Gasteiger partial charge is 0.226 e. The van der Waals surface area contributed by atoms with Gasteiger partial charge in [-0.25, -0.2) is 0 Å². The zero-order valence-electron chi connectivity index (χ0n) is 12.3. The van der Waals surface area contributed by atoms with Crippen LogP contribution in [0.5, 0.6) is 5.75 Å². The molecule has 2 rings (SSSR count). The molecule has 0 bridgehead atoms. The molecule has 0 aliphatic carbocycles. The van der Waals surface area contributed by atoms with Crippen molar-refractivity contribution in [2.45, 2.75) is 33.1 Å². The van der Waals surface area contributed by atoms with Crippen LogP contribution in [0.2, 0.25) is 0 Å². The molecular formula is C15H19N3O2S. The molecule has 0 saturated carbocycles. The van der Waals surface area contributed by atoms with Gasteiger partial charge in [0.15, 0.2) is 0 Å². The van der Waals surface area contributed by atoms with Crippen LogP contribution in [0.3, 0.4) is 0 Å². The van der Waals surface area contributed by atoms with Crippen LogP contribution in [0.15, 0.2) is 23.7 Å². The van der Waals surface area contributed by atoms with Gasteiger partial charge in [0.2, 0.25) is 11.0 Å². The number of amides is 1. The van der Waals surface area contributed by atoms with Crippen molar-refractivity contribution in [1.29, 1.82) is 0 Å². The van der Waals surface area contributed by atoms with Gasteiger partial charge in [0.25, 0.3) is 0 Å². The van der Waals surface area contributed by atoms with Crippen molar-refractivity contribution in [3.05, 3.63) is 34.8 Å². The van der Waals surface area contributed by atoms with Crippen molar-refractivity contribution < 1.29 is 9.53 Å². The number of unbranched alkanes of at least 4 members (excludes halogenated alkanes) is 1. The quantitative estimate of drug-likeness (QED) is 0.797. The standard InChI is InChI=1S/C15H19N3O2S/c1-11-6-7-12(2)13(9-11)20-8-4-3-5-14(19)17-15-18-16-10-21-15/h6-7,9-10H,3-5,8H2,1-2H3,(H,17,18,19). The van der Waals surface area contributed by atoms with Crippen molar-refractivity contribution in [2.75, 3.05) is 11.9 Å². The fourth-order valence-electron chi connectivity index (χ4n) is 1.84. The molecule has 0 atom stereocenters. The monoisotopic (exact) mass is 305 g/mol. The first-order chi connectivity index (χ1) is 10.1. The lowest BCUT2D eigenvalue weighted by atomic mass is 10.1. The first-order valence-corrected chi connectivity index (χ1v) is 7.79. The third-order valence-electron chi connectivity index (χ3n) is 3.01. The van der Waals surface area contributed by atoms with Gasteiger partial charge in [-0.2, -0.15) is 0 Å². The van der Waals surface area contributed by atoms with Crippen LogP contribution < -0.4 is 10.1 Å². The summed E-state index contributed by atoms with van der Waals surface area (Å²) in [5.41, 5.74) is 3.91. The number of rotatable bonds is 7. The number of aryl methyl sites for hydroxylation is 2. The van der Waals surface area contributed by atoms with E-state index in [1.807, 2.05) is 19.9 Å². The SMILES string of the molecule is Cc1ccc(C)c(OCCCCC(=O)Nc2nncs2)c1. The molecule has 21 heavy (non-hydrogen) atoms. The highest BCUT2D eigenvalue weighted by atomic mass is 32.1. The van der Waals surface area contributed by atoms with Crippen LogP contribution in [-0.2, 0) is 4.79 Å². The van der Waals surface area contributed by atoms with E-state index in [1.54, 1.807) is 5.51 Å². The van der Waals surface area contributed by atoms with Crippen molar-refractivity contribution in [3.63, 3.8) is 0 Å². The van der Waals surface area contributed by atoms with E-state index in [4.69, 9.17) is 4.74 Å². The summed E-state index contributed by atoms with van der Waals surface area (Å²) in [6, 6.07) is 6.16. The maximum Gasteiger partial charge on any atom is 0.226 e. The molecule has 1 aromatic carbocycles. The van der Waals surface area contributed by atoms with Gasteiger partial charge in [-0.15, -0.1) is 10.2 Å². The summed E-state index contributed by atoms with van der Waals surface area (Å²) >= 11 is 1.32. The average molecular weight is 305 g/mol. The summed E-state index contributed by atoms with van der Waals surface area (Å²) < 4.78 is 5.75. The predicted octanol–water partition coefficient (Wildman–Crippen LogP) is 3.34. The van der Waals surface area contributed by atoms with E-state index in [-0.39, 0.29) is 5.91 Å². The van der Waals surface area contributed by atoms with E-state index in [9.17, 15) is 4.79 Å². The van der Waals surface area contributed by atoms with E-state index in [0.29, 0.717) is 18.2 Å². The number of hydrogen-bond donors (Lipinski definition) is 1. The number of carbonyl (C=O) groups is 1. The van der Waals surface area contributed by atoms with Crippen molar-refractivity contribution >= 4 is 22.4 Å². The Morgan fingerprint density at radius 2 is 2.19 bits per heavy atom. The van der Waals surface area contributed by atoms with Gasteiger partial charge in [-0.05, 0) is 43.9 Å². The van der Waals surface area contributed by atoms with Gasteiger partial charge < -0.3 is 10.1 Å². The number of carbonyl (C=O) groups excluding carboxylic acids is 1. The number of nitrogens with one attached hydrogen (secondary N) is 1. The molecule has 112 valence electrons. The molecule has 1 aromatic heterocycles. The van der Waals surface area contributed by atoms with Gasteiger partial charge in [-0.1, -0.05) is 23.5 Å². The molecule has 1 amide bonds. The van der Waals surface area contributed by atoms with E-state index in [2.05, 4.69) is 27.6 Å². The summed E-state index contributed by atoms with van der Waals surface area (Å²) in [6.07, 6.45) is 2.10. The van der Waals surface area contributed by atoms with Crippen molar-refractivity contribution in [3.8, 4) is 5.75 Å². The predicted molar refractivity (Wildman–Crippen MR) is 83.8 cm³/mol. The molecule has 0 aliphatic heterocycles. The molecule has 0 radical (unpaired) electrons. The first-order valence-electron chi connectivity index (χ1n) is 6.91. The van der Waals surface area contributed by atoms with E-state index in [0.717, 1.165) is 24.2 Å². The molecule has 0 aliphatic rings. The Kier molecular flexibility index (Phi) is 5.68. The molecule has 1 heterocycles. The third kappa shape index (κ3) is 5.15. The second kappa shape index (κ2) is 7.73. The lowest BCUT2D eigenvalue weighted by Crippen LogP contribution is -2.11. The average Bonchev–Trinajstić information content (AvgIpc) is 2.95. The summed E-state index contributed by atoms with van der Waals surface area (Å²) in [5.74, 6) is 0.895. The number of benzene rings is 1. The highest BCUT2D eigenvalue weighted by molar-refractivity contribution is 7.13. The minimum absolute atomic E-state index is 0.0292. The lowest BCUT2D eigenvalue weighted by Gasteiger charge is -2.09. The minimum atomic E-state index is -0.0292. The molecule has 0 saturated heterocycles. The van der Waals surface area contributed by atoms with E-state index in [1.165, 1.54) is 16.9 Å². The van der Waals surface area contributed by atoms with Gasteiger partial charge >= 0.3 is 0 Å². The number of nitrogens with zero attached hydrogens (tertiary/aromatic N) is 2. The molecule has 0 unspecified atom stereocenters. The minimum Gasteiger partial charge on any atom is -0.493 e. The van der Waals surface area contributed by atoms with Crippen molar-refractivity contribution in [2.24, 2.45) is 0 Å². The summed E-state index contributed by atoms with van der Waals surface area (Å²) in [7, 11) is 0. The van der Waals surface area contributed by atoms with Crippen LogP contribution in [0.25, 0.3) is 0 Å². The zero-order chi connectivity index (χ0) is 15.1. The molecular weight excluding hydrogens is 286 g/mol. The van der Waals surface area contributed by atoms with Gasteiger partial charge in [0.05, 0.1) is 6.61 Å². The maximum atomic E-state index is 11.6. The molecule has 0 fully saturated rings. The van der Waals surface area contributed by atoms with Gasteiger partial charge in [0.1, 0.15) is 11.3 Å². The largest absolute Gasteiger partial charge is 0.493 e. The Morgan fingerprint density at radius 3 is 2.95 bits per heavy atom. The third-order valence-corrected chi connectivity index (χ3v) is 3.61. The second-order valence-corrected chi connectivity index (χ2v) is 5.70. The molecule has 5 nitrogen and oxygen atoms in total. The Morgan fingerprint density at radius 1 is 1.33 bits per heavy atom. The number of aromatic nitrogens is 2. The molecule has 1 N–H and O–H groups in total. The van der Waals surface area contributed by atoms with Crippen LogP contribution in [-0.4, -0.2) is 22.7 Å². The highest BCUT2D eigenvalue weighted by Gasteiger charge is 2.05. The Bertz CT molecular complexity index is 585. The fourth-order valence-corrected chi connectivity index (χ4v) is 2.30. The Balaban J connectivity index is 1.63. The van der Waals surface area contributed by atoms with Crippen molar-refractivity contribution in [1.82, 2.24) is 10.2 Å². The van der Waals surface area contributed by atoms with E-state index >= 15 is 0 Å². The second-order valence-electron chi connectivity index (χ2n) is 4.87. The maximum absolute atomic E-state index is 11.6. The van der Waals surface area contributed by atoms with Crippen LogP contribution >= 0.6 is 11.3 Å². The molecule has 2 aromatic rings. The first kappa shape index (κ1) is 15.4. The summed E-state index contributed by atoms with van der Waals surface area (Å²) in [5, 5.41) is 10.7. The van der Waals surface area contributed by atoms with Crippen LogP contribution in [0.1, 0.15) is 30.4 Å². The van der Waals surface area contributed by atoms with Gasteiger partial charge in [-0.3, -0.25) is 4.79 Å². The molecule has 0 spiro atoms. The Labute approximate surface area is 128 Å². The molecule has 6 heteroatoms. The van der Waals surface area contributed by atoms with Crippen LogP contribution in [0, 0.1) is 13.8 Å². The fraction of sp³-hybridized carbons (Fsp3) is 0.400. The number of anilines is 1.